The van der Waals surface area contributed by atoms with E-state index in [-0.39, 0.29) is 24.0 Å². The third-order valence-electron chi connectivity index (χ3n) is 4.84. The Morgan fingerprint density at radius 1 is 1.26 bits per heavy atom. The Labute approximate surface area is 146 Å². The molecule has 0 radical (unpaired) electrons. The molecule has 4 heteroatoms. The zero-order valence-corrected chi connectivity index (χ0v) is 15.4. The number of hydrogen-bond acceptors (Lipinski definition) is 3. The SMILES string of the molecule is CCC1(OC(=O)Cc2ccccc2)CCCCC1CN(C)C.Cl. The number of ether oxygens (including phenoxy) is 1. The van der Waals surface area contributed by atoms with Crippen LogP contribution in [0.25, 0.3) is 0 Å². The Hall–Kier alpha value is -1.06. The summed E-state index contributed by atoms with van der Waals surface area (Å²) in [6.07, 6.45) is 5.85. The largest absolute Gasteiger partial charge is 0.458 e. The van der Waals surface area contributed by atoms with E-state index >= 15 is 0 Å². The topological polar surface area (TPSA) is 29.5 Å². The number of hydrogen-bond donors (Lipinski definition) is 0. The van der Waals surface area contributed by atoms with Gasteiger partial charge in [-0.25, -0.2) is 0 Å². The van der Waals surface area contributed by atoms with Gasteiger partial charge in [-0.1, -0.05) is 43.7 Å². The van der Waals surface area contributed by atoms with Crippen molar-refractivity contribution in [2.24, 2.45) is 5.92 Å². The van der Waals surface area contributed by atoms with Crippen molar-refractivity contribution in [1.29, 1.82) is 0 Å². The van der Waals surface area contributed by atoms with E-state index in [1.165, 1.54) is 6.42 Å². The summed E-state index contributed by atoms with van der Waals surface area (Å²) in [7, 11) is 4.20. The molecular formula is C19H30ClNO2. The number of carbonyl (C=O) groups is 1. The molecule has 0 N–H and O–H groups in total. The molecule has 2 atom stereocenters. The molecule has 1 aliphatic rings. The lowest BCUT2D eigenvalue weighted by molar-refractivity contribution is -0.171. The fourth-order valence-electron chi connectivity index (χ4n) is 3.68. The molecule has 1 aromatic carbocycles. The predicted octanol–water partition coefficient (Wildman–Crippen LogP) is 4.09. The van der Waals surface area contributed by atoms with Crippen molar-refractivity contribution in [3.8, 4) is 0 Å². The van der Waals surface area contributed by atoms with Crippen LogP contribution in [0.1, 0.15) is 44.6 Å². The Bertz CT molecular complexity index is 478. The van der Waals surface area contributed by atoms with Gasteiger partial charge >= 0.3 is 5.97 Å². The summed E-state index contributed by atoms with van der Waals surface area (Å²) in [5.41, 5.74) is 0.757. The van der Waals surface area contributed by atoms with Gasteiger partial charge in [0.25, 0.3) is 0 Å². The molecule has 1 saturated carbocycles. The molecule has 0 saturated heterocycles. The minimum absolute atomic E-state index is 0. The van der Waals surface area contributed by atoms with Gasteiger partial charge in [0, 0.05) is 12.5 Å². The summed E-state index contributed by atoms with van der Waals surface area (Å²) in [4.78, 5) is 14.7. The van der Waals surface area contributed by atoms with Gasteiger partial charge in [-0.2, -0.15) is 0 Å². The highest BCUT2D eigenvalue weighted by atomic mass is 35.5. The molecule has 23 heavy (non-hydrogen) atoms. The number of nitrogens with zero attached hydrogens (tertiary/aromatic N) is 1. The quantitative estimate of drug-likeness (QED) is 0.731. The van der Waals surface area contributed by atoms with Gasteiger partial charge in [0.15, 0.2) is 0 Å². The maximum absolute atomic E-state index is 12.4. The van der Waals surface area contributed by atoms with Gasteiger partial charge in [-0.05, 0) is 45.3 Å². The molecular weight excluding hydrogens is 310 g/mol. The van der Waals surface area contributed by atoms with Gasteiger partial charge in [0.2, 0.25) is 0 Å². The highest BCUT2D eigenvalue weighted by Gasteiger charge is 2.42. The summed E-state index contributed by atoms with van der Waals surface area (Å²) < 4.78 is 6.08. The second-order valence-corrected chi connectivity index (χ2v) is 6.76. The normalized spacial score (nSPS) is 24.1. The van der Waals surface area contributed by atoms with Crippen molar-refractivity contribution in [2.75, 3.05) is 20.6 Å². The second-order valence-electron chi connectivity index (χ2n) is 6.76. The molecule has 1 aromatic rings. The highest BCUT2D eigenvalue weighted by Crippen LogP contribution is 2.40. The minimum atomic E-state index is -0.269. The first-order valence-electron chi connectivity index (χ1n) is 8.46. The standard InChI is InChI=1S/C19H29NO2.ClH/c1-4-19(13-9-8-12-17(19)15-20(2)3)22-18(21)14-16-10-6-5-7-11-16;/h5-7,10-11,17H,4,8-9,12-15H2,1-3H3;1H. The van der Waals surface area contributed by atoms with Crippen LogP contribution in [0.4, 0.5) is 0 Å². The van der Waals surface area contributed by atoms with Gasteiger partial charge in [-0.15, -0.1) is 12.4 Å². The maximum atomic E-state index is 12.4. The van der Waals surface area contributed by atoms with Crippen molar-refractivity contribution in [3.05, 3.63) is 35.9 Å². The van der Waals surface area contributed by atoms with Crippen LogP contribution >= 0.6 is 12.4 Å². The first-order chi connectivity index (χ1) is 10.6. The van der Waals surface area contributed by atoms with Crippen molar-refractivity contribution in [1.82, 2.24) is 4.90 Å². The average molecular weight is 340 g/mol. The summed E-state index contributed by atoms with van der Waals surface area (Å²) >= 11 is 0. The van der Waals surface area contributed by atoms with Gasteiger partial charge in [0.05, 0.1) is 6.42 Å². The predicted molar refractivity (Wildman–Crippen MR) is 97.0 cm³/mol. The monoisotopic (exact) mass is 339 g/mol. The number of halogens is 1. The molecule has 0 amide bonds. The van der Waals surface area contributed by atoms with Crippen LogP contribution in [-0.4, -0.2) is 37.1 Å². The zero-order valence-electron chi connectivity index (χ0n) is 14.6. The second kappa shape index (κ2) is 9.29. The van der Waals surface area contributed by atoms with E-state index in [9.17, 15) is 4.79 Å². The first kappa shape index (κ1) is 20.0. The van der Waals surface area contributed by atoms with Crippen LogP contribution < -0.4 is 0 Å². The van der Waals surface area contributed by atoms with Crippen molar-refractivity contribution in [2.45, 2.75) is 51.0 Å². The molecule has 0 aliphatic heterocycles. The van der Waals surface area contributed by atoms with E-state index in [1.54, 1.807) is 0 Å². The Morgan fingerprint density at radius 3 is 2.57 bits per heavy atom. The highest BCUT2D eigenvalue weighted by molar-refractivity contribution is 5.85. The summed E-state index contributed by atoms with van der Waals surface area (Å²) in [6, 6.07) is 9.87. The van der Waals surface area contributed by atoms with E-state index in [0.717, 1.165) is 37.8 Å². The van der Waals surface area contributed by atoms with Crippen molar-refractivity contribution < 1.29 is 9.53 Å². The summed E-state index contributed by atoms with van der Waals surface area (Å²) in [6.45, 7) is 3.15. The van der Waals surface area contributed by atoms with Gasteiger partial charge in [0.1, 0.15) is 5.60 Å². The minimum Gasteiger partial charge on any atom is -0.458 e. The zero-order chi connectivity index (χ0) is 16.0. The Kier molecular flexibility index (Phi) is 8.07. The average Bonchev–Trinajstić information content (AvgIpc) is 2.49. The van der Waals surface area contributed by atoms with E-state index in [4.69, 9.17) is 4.74 Å². The number of benzene rings is 1. The van der Waals surface area contributed by atoms with E-state index in [2.05, 4.69) is 25.9 Å². The van der Waals surface area contributed by atoms with Crippen LogP contribution in [0.3, 0.4) is 0 Å². The Morgan fingerprint density at radius 2 is 1.96 bits per heavy atom. The van der Waals surface area contributed by atoms with Crippen LogP contribution in [0.5, 0.6) is 0 Å². The fraction of sp³-hybridized carbons (Fsp3) is 0.632. The molecule has 0 heterocycles. The fourth-order valence-corrected chi connectivity index (χ4v) is 3.68. The van der Waals surface area contributed by atoms with E-state index in [0.29, 0.717) is 12.3 Å². The van der Waals surface area contributed by atoms with Crippen molar-refractivity contribution in [3.63, 3.8) is 0 Å². The third-order valence-corrected chi connectivity index (χ3v) is 4.84. The Balaban J connectivity index is 0.00000264. The maximum Gasteiger partial charge on any atom is 0.310 e. The molecule has 0 bridgehead atoms. The van der Waals surface area contributed by atoms with Crippen LogP contribution in [0.2, 0.25) is 0 Å². The molecule has 0 spiro atoms. The number of esters is 1. The van der Waals surface area contributed by atoms with E-state index in [1.807, 2.05) is 30.3 Å². The summed E-state index contributed by atoms with van der Waals surface area (Å²) in [5, 5.41) is 0. The van der Waals surface area contributed by atoms with E-state index < -0.39 is 0 Å². The molecule has 1 fully saturated rings. The number of carbonyl (C=O) groups excluding carboxylic acids is 1. The van der Waals surface area contributed by atoms with Crippen LogP contribution in [0.15, 0.2) is 30.3 Å². The van der Waals surface area contributed by atoms with Crippen LogP contribution in [-0.2, 0) is 16.0 Å². The molecule has 1 aliphatic carbocycles. The smallest absolute Gasteiger partial charge is 0.310 e. The molecule has 130 valence electrons. The molecule has 3 nitrogen and oxygen atoms in total. The number of rotatable bonds is 6. The van der Waals surface area contributed by atoms with Crippen LogP contribution in [0, 0.1) is 5.92 Å². The molecule has 2 rings (SSSR count). The lowest BCUT2D eigenvalue weighted by Crippen LogP contribution is -2.48. The summed E-state index contributed by atoms with van der Waals surface area (Å²) in [5.74, 6) is 0.361. The molecule has 0 aromatic heterocycles. The van der Waals surface area contributed by atoms with Crippen molar-refractivity contribution >= 4 is 18.4 Å². The first-order valence-corrected chi connectivity index (χ1v) is 8.46. The van der Waals surface area contributed by atoms with Gasteiger partial charge < -0.3 is 9.64 Å². The lowest BCUT2D eigenvalue weighted by Gasteiger charge is -2.44. The third kappa shape index (κ3) is 5.50. The lowest BCUT2D eigenvalue weighted by atomic mass is 9.73. The van der Waals surface area contributed by atoms with Gasteiger partial charge in [-0.3, -0.25) is 4.79 Å². The molecule has 2 unspecified atom stereocenters.